The molecule has 0 aromatic rings. The monoisotopic (exact) mass is 344 g/mol. The van der Waals surface area contributed by atoms with Crippen LogP contribution in [0.3, 0.4) is 0 Å². The van der Waals surface area contributed by atoms with Crippen LogP contribution in [0.2, 0.25) is 0 Å². The summed E-state index contributed by atoms with van der Waals surface area (Å²) in [7, 11) is 0. The predicted molar refractivity (Wildman–Crippen MR) is 103 cm³/mol. The number of carbonyl (C=O) groups excluding carboxylic acids is 1. The fourth-order valence-electron chi connectivity index (χ4n) is 6.29. The lowest BCUT2D eigenvalue weighted by Gasteiger charge is -2.54. The number of allylic oxidation sites excluding steroid dienone is 4. The first-order valence-corrected chi connectivity index (χ1v) is 10.7. The summed E-state index contributed by atoms with van der Waals surface area (Å²) in [5.74, 6) is 3.16. The maximum atomic E-state index is 11.8. The maximum Gasteiger partial charge on any atom is 0.155 e. The van der Waals surface area contributed by atoms with Crippen molar-refractivity contribution in [2.45, 2.75) is 78.1 Å². The molecule has 0 heterocycles. The Balaban J connectivity index is 1.86. The standard InChI is InChI=1S/C23H36O2/c1-3-7-22-21-10-8-17-16-18(25)9-11-19(17)20(21)12-14-23(22,4-2)13-5-6-15-24/h8,10,16,19-22,24H,3-7,9,11-15H2,1-2H3. The van der Waals surface area contributed by atoms with E-state index in [-0.39, 0.29) is 0 Å². The highest BCUT2D eigenvalue weighted by atomic mass is 16.2. The molecule has 0 bridgehead atoms. The second kappa shape index (κ2) is 8.20. The SMILES string of the molecule is CCCC1C2C=CC3=CC(=O)CCC3C2CCC1(CC)CCCCO. The number of hydrogen-bond donors (Lipinski definition) is 1. The molecule has 1 fully saturated rings. The minimum Gasteiger partial charge on any atom is -0.396 e. The molecule has 1 N–H and O–H groups in total. The Kier molecular flexibility index (Phi) is 6.20. The third-order valence-electron chi connectivity index (χ3n) is 7.59. The second-order valence-electron chi connectivity index (χ2n) is 8.69. The molecule has 0 aromatic heterocycles. The van der Waals surface area contributed by atoms with E-state index in [0.717, 1.165) is 37.5 Å². The first-order valence-electron chi connectivity index (χ1n) is 10.7. The number of carbonyl (C=O) groups is 1. The van der Waals surface area contributed by atoms with Gasteiger partial charge in [-0.25, -0.2) is 0 Å². The van der Waals surface area contributed by atoms with Crippen LogP contribution in [-0.4, -0.2) is 17.5 Å². The number of unbranched alkanes of at least 4 members (excludes halogenated alkanes) is 1. The Morgan fingerprint density at radius 2 is 2.08 bits per heavy atom. The third-order valence-corrected chi connectivity index (χ3v) is 7.59. The van der Waals surface area contributed by atoms with Crippen molar-refractivity contribution in [2.75, 3.05) is 6.61 Å². The fraction of sp³-hybridized carbons (Fsp3) is 0.783. The summed E-state index contributed by atoms with van der Waals surface area (Å²) in [6, 6.07) is 0. The third kappa shape index (κ3) is 3.65. The van der Waals surface area contributed by atoms with E-state index >= 15 is 0 Å². The molecular weight excluding hydrogens is 308 g/mol. The van der Waals surface area contributed by atoms with Gasteiger partial charge in [-0.05, 0) is 79.3 Å². The van der Waals surface area contributed by atoms with E-state index in [1.807, 2.05) is 6.08 Å². The molecule has 3 aliphatic rings. The zero-order valence-corrected chi connectivity index (χ0v) is 16.2. The topological polar surface area (TPSA) is 37.3 Å². The van der Waals surface area contributed by atoms with Crippen LogP contribution >= 0.6 is 0 Å². The van der Waals surface area contributed by atoms with Crippen LogP contribution in [-0.2, 0) is 4.79 Å². The van der Waals surface area contributed by atoms with Crippen molar-refractivity contribution in [3.63, 3.8) is 0 Å². The first kappa shape index (κ1) is 18.9. The van der Waals surface area contributed by atoms with Crippen molar-refractivity contribution in [3.8, 4) is 0 Å². The van der Waals surface area contributed by atoms with Crippen LogP contribution in [0.15, 0.2) is 23.8 Å². The van der Waals surface area contributed by atoms with Crippen molar-refractivity contribution in [3.05, 3.63) is 23.8 Å². The van der Waals surface area contributed by atoms with Crippen LogP contribution in [0, 0.1) is 29.1 Å². The summed E-state index contributed by atoms with van der Waals surface area (Å²) < 4.78 is 0. The van der Waals surface area contributed by atoms with E-state index in [4.69, 9.17) is 0 Å². The quantitative estimate of drug-likeness (QED) is 0.622. The van der Waals surface area contributed by atoms with Crippen molar-refractivity contribution >= 4 is 5.78 Å². The predicted octanol–water partition coefficient (Wildman–Crippen LogP) is 5.46. The number of ketones is 1. The minimum absolute atomic E-state index is 0.321. The molecule has 3 rings (SSSR count). The Labute approximate surface area is 153 Å². The summed E-state index contributed by atoms with van der Waals surface area (Å²) >= 11 is 0. The van der Waals surface area contributed by atoms with E-state index in [2.05, 4.69) is 26.0 Å². The van der Waals surface area contributed by atoms with Crippen molar-refractivity contribution in [2.24, 2.45) is 29.1 Å². The minimum atomic E-state index is 0.321. The molecular formula is C23H36O2. The average molecular weight is 345 g/mol. The van der Waals surface area contributed by atoms with Crippen molar-refractivity contribution < 1.29 is 9.90 Å². The van der Waals surface area contributed by atoms with Crippen LogP contribution in [0.5, 0.6) is 0 Å². The van der Waals surface area contributed by atoms with Gasteiger partial charge in [0.1, 0.15) is 0 Å². The van der Waals surface area contributed by atoms with Gasteiger partial charge in [0.05, 0.1) is 0 Å². The molecule has 1 saturated carbocycles. The van der Waals surface area contributed by atoms with Crippen molar-refractivity contribution in [1.82, 2.24) is 0 Å². The van der Waals surface area contributed by atoms with Gasteiger partial charge in [0, 0.05) is 13.0 Å². The molecule has 5 atom stereocenters. The Hall–Kier alpha value is -0.890. The number of fused-ring (bicyclic) bond motifs is 3. The summed E-state index contributed by atoms with van der Waals surface area (Å²) in [5, 5.41) is 9.21. The molecule has 25 heavy (non-hydrogen) atoms. The molecule has 5 unspecified atom stereocenters. The van der Waals surface area contributed by atoms with Crippen LogP contribution in [0.4, 0.5) is 0 Å². The van der Waals surface area contributed by atoms with E-state index in [9.17, 15) is 9.90 Å². The molecule has 2 nitrogen and oxygen atoms in total. The second-order valence-corrected chi connectivity index (χ2v) is 8.69. The molecule has 0 aliphatic heterocycles. The molecule has 140 valence electrons. The van der Waals surface area contributed by atoms with E-state index in [0.29, 0.717) is 29.6 Å². The normalized spacial score (nSPS) is 37.4. The lowest BCUT2D eigenvalue weighted by atomic mass is 9.50. The van der Waals surface area contributed by atoms with Gasteiger partial charge in [-0.2, -0.15) is 0 Å². The molecule has 2 heteroatoms. The summed E-state index contributed by atoms with van der Waals surface area (Å²) in [6.07, 6.45) is 18.4. The molecule has 0 amide bonds. The Morgan fingerprint density at radius 1 is 1.24 bits per heavy atom. The fourth-order valence-corrected chi connectivity index (χ4v) is 6.29. The summed E-state index contributed by atoms with van der Waals surface area (Å²) in [5.41, 5.74) is 1.78. The molecule has 0 saturated heterocycles. The first-order chi connectivity index (χ1) is 12.1. The highest BCUT2D eigenvalue weighted by molar-refractivity contribution is 5.91. The Bertz CT molecular complexity index is 532. The van der Waals surface area contributed by atoms with E-state index < -0.39 is 0 Å². The van der Waals surface area contributed by atoms with Crippen LogP contribution in [0.1, 0.15) is 78.1 Å². The molecule has 0 radical (unpaired) electrons. The lowest BCUT2D eigenvalue weighted by molar-refractivity contribution is -0.115. The number of aliphatic hydroxyl groups is 1. The van der Waals surface area contributed by atoms with Gasteiger partial charge < -0.3 is 5.11 Å². The number of rotatable bonds is 7. The van der Waals surface area contributed by atoms with Gasteiger partial charge in [-0.1, -0.05) is 45.3 Å². The van der Waals surface area contributed by atoms with Gasteiger partial charge in [0.15, 0.2) is 5.78 Å². The van der Waals surface area contributed by atoms with Crippen molar-refractivity contribution in [1.29, 1.82) is 0 Å². The van der Waals surface area contributed by atoms with Gasteiger partial charge in [-0.15, -0.1) is 0 Å². The van der Waals surface area contributed by atoms with Gasteiger partial charge in [-0.3, -0.25) is 4.79 Å². The van der Waals surface area contributed by atoms with Gasteiger partial charge in [0.25, 0.3) is 0 Å². The number of aliphatic hydroxyl groups excluding tert-OH is 1. The van der Waals surface area contributed by atoms with Gasteiger partial charge >= 0.3 is 0 Å². The Morgan fingerprint density at radius 3 is 2.80 bits per heavy atom. The van der Waals surface area contributed by atoms with E-state index in [1.165, 1.54) is 44.1 Å². The molecule has 3 aliphatic carbocycles. The average Bonchev–Trinajstić information content (AvgIpc) is 2.63. The number of hydrogen-bond acceptors (Lipinski definition) is 2. The maximum absolute atomic E-state index is 11.8. The highest BCUT2D eigenvalue weighted by Gasteiger charge is 2.49. The molecule has 0 spiro atoms. The van der Waals surface area contributed by atoms with Crippen LogP contribution < -0.4 is 0 Å². The van der Waals surface area contributed by atoms with E-state index in [1.54, 1.807) is 0 Å². The zero-order chi connectivity index (χ0) is 17.9. The molecule has 0 aromatic carbocycles. The smallest absolute Gasteiger partial charge is 0.155 e. The zero-order valence-electron chi connectivity index (χ0n) is 16.2. The van der Waals surface area contributed by atoms with Gasteiger partial charge in [0.2, 0.25) is 0 Å². The summed E-state index contributed by atoms with van der Waals surface area (Å²) in [4.78, 5) is 11.8. The highest BCUT2D eigenvalue weighted by Crippen LogP contribution is 2.58. The van der Waals surface area contributed by atoms with Crippen LogP contribution in [0.25, 0.3) is 0 Å². The lowest BCUT2D eigenvalue weighted by Crippen LogP contribution is -2.46. The largest absolute Gasteiger partial charge is 0.396 e. The summed E-state index contributed by atoms with van der Waals surface area (Å²) in [6.45, 7) is 5.04.